The first kappa shape index (κ1) is 48.1. The number of amides is 4. The molecule has 16 nitrogen and oxygen atoms in total. The summed E-state index contributed by atoms with van der Waals surface area (Å²) in [6.07, 6.45) is 6.17. The van der Waals surface area contributed by atoms with E-state index in [4.69, 9.17) is 9.72 Å². The van der Waals surface area contributed by atoms with Gasteiger partial charge in [0.1, 0.15) is 29.1 Å². The van der Waals surface area contributed by atoms with E-state index >= 15 is 8.78 Å². The molecule has 0 bridgehead atoms. The molecule has 3 N–H and O–H groups in total. The van der Waals surface area contributed by atoms with Gasteiger partial charge in [-0.3, -0.25) is 39.0 Å². The van der Waals surface area contributed by atoms with Crippen LogP contribution in [0.25, 0.3) is 21.9 Å². The molecule has 0 saturated carbocycles. The van der Waals surface area contributed by atoms with Crippen molar-refractivity contribution in [3.8, 4) is 16.9 Å². The molecule has 1 atom stereocenters. The van der Waals surface area contributed by atoms with Crippen LogP contribution in [0.1, 0.15) is 52.8 Å². The van der Waals surface area contributed by atoms with Gasteiger partial charge in [-0.15, -0.1) is 0 Å². The third-order valence-corrected chi connectivity index (χ3v) is 16.0. The van der Waals surface area contributed by atoms with Gasteiger partial charge < -0.3 is 25.2 Å². The molecule has 4 aromatic carbocycles. The number of benzene rings is 4. The Kier molecular flexibility index (Phi) is 13.2. The van der Waals surface area contributed by atoms with Crippen molar-refractivity contribution in [2.45, 2.75) is 43.8 Å². The van der Waals surface area contributed by atoms with Gasteiger partial charge in [0.2, 0.25) is 17.8 Å². The monoisotopic (exact) mass is 1050 g/mol. The molecule has 3 saturated heterocycles. The average molecular weight is 1050 g/mol. The van der Waals surface area contributed by atoms with Crippen LogP contribution in [0.3, 0.4) is 0 Å². The lowest BCUT2D eigenvalue weighted by Crippen LogP contribution is -2.54. The van der Waals surface area contributed by atoms with E-state index in [1.54, 1.807) is 22.9 Å². The average Bonchev–Trinajstić information content (AvgIpc) is 3.90. The molecule has 368 valence electrons. The number of rotatable bonds is 13. The Morgan fingerprint density at radius 1 is 0.873 bits per heavy atom. The first-order valence-corrected chi connectivity index (χ1v) is 26.6. The predicted octanol–water partition coefficient (Wildman–Crippen LogP) is 7.72. The van der Waals surface area contributed by atoms with Gasteiger partial charge >= 0.3 is 0 Å². The van der Waals surface area contributed by atoms with E-state index in [1.807, 2.05) is 31.6 Å². The molecule has 0 spiro atoms. The van der Waals surface area contributed by atoms with Crippen molar-refractivity contribution in [3.05, 3.63) is 101 Å². The first-order chi connectivity index (χ1) is 34.2. The number of ether oxygens (including phenoxy) is 1. The molecule has 4 aliphatic heterocycles. The summed E-state index contributed by atoms with van der Waals surface area (Å²) < 4.78 is 40.6. The van der Waals surface area contributed by atoms with Crippen LogP contribution in [0, 0.1) is 5.82 Å². The highest BCUT2D eigenvalue weighted by molar-refractivity contribution is 9.10. The van der Waals surface area contributed by atoms with Gasteiger partial charge in [0.15, 0.2) is 0 Å². The van der Waals surface area contributed by atoms with Gasteiger partial charge in [-0.25, -0.2) is 13.8 Å². The lowest BCUT2D eigenvalue weighted by molar-refractivity contribution is -0.136. The van der Waals surface area contributed by atoms with E-state index in [9.17, 15) is 19.2 Å². The maximum atomic E-state index is 16.5. The van der Waals surface area contributed by atoms with Gasteiger partial charge in [-0.05, 0) is 90.0 Å². The molecule has 4 aliphatic rings. The van der Waals surface area contributed by atoms with Crippen molar-refractivity contribution in [1.29, 1.82) is 0 Å². The molecule has 4 amide bonds. The van der Waals surface area contributed by atoms with E-state index in [0.717, 1.165) is 37.9 Å². The Labute approximate surface area is 419 Å². The predicted molar refractivity (Wildman–Crippen MR) is 275 cm³/mol. The van der Waals surface area contributed by atoms with Crippen LogP contribution in [0.2, 0.25) is 0 Å². The molecule has 10 rings (SSSR count). The topological polar surface area (TPSA) is 170 Å². The minimum absolute atomic E-state index is 0.000980. The minimum Gasteiger partial charge on any atom is -0.494 e. The zero-order chi connectivity index (χ0) is 49.7. The van der Waals surface area contributed by atoms with E-state index in [0.29, 0.717) is 62.3 Å². The van der Waals surface area contributed by atoms with Crippen LogP contribution in [0.5, 0.6) is 5.75 Å². The maximum Gasteiger partial charge on any atom is 0.262 e. The standard InChI is InChI=1S/C51H53BrF2N11O5P/c1-61-29-31(27-56-61)33-24-39(58-50-55-28-36(52)46(60-50)57-38-10-9-30-7-5-6-8-32(30)45(38)71(3)4)43(70-2)26-41(33)64-21-19-62(20-22-64)16-13-51(54)14-17-63(18-15-51)42-25-35-34(23-37(42)53)48(68)65(49(35)69)40-11-12-44(66)59-47(40)67/h5-10,23-29,40H,11-22H2,1-4H3,(H,59,66,67)(H2,55,57,58,60). The number of aryl methyl sites for hydroxylation is 1. The first-order valence-electron chi connectivity index (χ1n) is 23.6. The zero-order valence-corrected chi connectivity index (χ0v) is 42.2. The van der Waals surface area contributed by atoms with Crippen LogP contribution in [-0.2, 0) is 16.6 Å². The normalized spacial score (nSPS) is 18.4. The number of aromatic nitrogens is 4. The molecule has 6 heterocycles. The second-order valence-corrected chi connectivity index (χ2v) is 21.8. The highest BCUT2D eigenvalue weighted by atomic mass is 79.9. The number of hydrogen-bond acceptors (Lipinski definition) is 13. The molecule has 20 heteroatoms. The number of piperidine rings is 2. The Morgan fingerprint density at radius 3 is 2.31 bits per heavy atom. The fourth-order valence-corrected chi connectivity index (χ4v) is 11.8. The molecule has 0 aliphatic carbocycles. The lowest BCUT2D eigenvalue weighted by Gasteiger charge is -2.41. The number of anilines is 6. The van der Waals surface area contributed by atoms with E-state index in [1.165, 1.54) is 22.1 Å². The Morgan fingerprint density at radius 2 is 1.61 bits per heavy atom. The van der Waals surface area contributed by atoms with Crippen molar-refractivity contribution in [2.24, 2.45) is 7.05 Å². The van der Waals surface area contributed by atoms with Crippen molar-refractivity contribution < 1.29 is 32.7 Å². The molecule has 71 heavy (non-hydrogen) atoms. The molecular formula is C51H53BrF2N11O5P. The van der Waals surface area contributed by atoms with Crippen molar-refractivity contribution in [2.75, 3.05) is 86.7 Å². The number of fused-ring (bicyclic) bond motifs is 2. The maximum absolute atomic E-state index is 16.5. The van der Waals surface area contributed by atoms with E-state index in [2.05, 4.69) is 101 Å². The summed E-state index contributed by atoms with van der Waals surface area (Å²) in [5.74, 6) is -1.80. The van der Waals surface area contributed by atoms with Gasteiger partial charge in [0.05, 0.1) is 40.3 Å². The second-order valence-electron chi connectivity index (χ2n) is 18.7. The smallest absolute Gasteiger partial charge is 0.262 e. The van der Waals surface area contributed by atoms with Crippen LogP contribution >= 0.6 is 23.9 Å². The molecular weight excluding hydrogens is 996 g/mol. The minimum atomic E-state index is -1.47. The molecule has 2 aromatic heterocycles. The highest BCUT2D eigenvalue weighted by Crippen LogP contribution is 2.42. The zero-order valence-electron chi connectivity index (χ0n) is 39.8. The number of hydrogen-bond donors (Lipinski definition) is 3. The number of imide groups is 2. The lowest BCUT2D eigenvalue weighted by atomic mass is 9.89. The van der Waals surface area contributed by atoms with Crippen LogP contribution < -0.4 is 35.8 Å². The Balaban J connectivity index is 0.789. The van der Waals surface area contributed by atoms with Crippen molar-refractivity contribution >= 4 is 98.1 Å². The molecule has 0 radical (unpaired) electrons. The number of alkyl halides is 1. The SMILES string of the molecule is COc1cc(N2CCN(CCC3(F)CCN(c4cc5c(cc4F)C(=O)N(C4CCC(=O)NC4=O)C5=O)CC3)CC2)c(-c2cnn(C)c2)cc1Nc1ncc(Br)c(Nc2ccc3ccccc3c2P(C)C)n1. The third kappa shape index (κ3) is 9.54. The highest BCUT2D eigenvalue weighted by Gasteiger charge is 2.46. The number of nitrogens with zero attached hydrogens (tertiary/aromatic N) is 8. The second kappa shape index (κ2) is 19.6. The largest absolute Gasteiger partial charge is 0.494 e. The number of carbonyl (C=O) groups is 4. The fourth-order valence-electron chi connectivity index (χ4n) is 10.2. The summed E-state index contributed by atoms with van der Waals surface area (Å²) in [7, 11) is 3.07. The molecule has 1 unspecified atom stereocenters. The summed E-state index contributed by atoms with van der Waals surface area (Å²) in [6.45, 7) is 8.29. The van der Waals surface area contributed by atoms with Gasteiger partial charge in [0.25, 0.3) is 11.8 Å². The van der Waals surface area contributed by atoms with Crippen molar-refractivity contribution in [1.82, 2.24) is 34.9 Å². The van der Waals surface area contributed by atoms with Gasteiger partial charge in [-0.2, -0.15) is 10.1 Å². The number of nitrogens with one attached hydrogen (secondary N) is 3. The summed E-state index contributed by atoms with van der Waals surface area (Å²) in [5, 5.41) is 17.3. The van der Waals surface area contributed by atoms with E-state index in [-0.39, 0.29) is 55.6 Å². The molecule has 6 aromatic rings. The third-order valence-electron chi connectivity index (χ3n) is 14.0. The fraction of sp³-hybridized carbons (Fsp3) is 0.353. The van der Waals surface area contributed by atoms with Crippen molar-refractivity contribution in [3.63, 3.8) is 0 Å². The Bertz CT molecular complexity index is 3100. The molecule has 3 fully saturated rings. The van der Waals surface area contributed by atoms with Gasteiger partial charge in [-0.1, -0.05) is 38.3 Å². The summed E-state index contributed by atoms with van der Waals surface area (Å²) >= 11 is 3.67. The quantitative estimate of drug-likeness (QED) is 0.0760. The number of methoxy groups -OCH3 is 1. The van der Waals surface area contributed by atoms with Gasteiger partial charge in [0, 0.05) is 106 Å². The van der Waals surface area contributed by atoms with Crippen LogP contribution in [0.15, 0.2) is 83.7 Å². The number of piperazine rings is 1. The summed E-state index contributed by atoms with van der Waals surface area (Å²) in [6, 6.07) is 17.9. The van der Waals surface area contributed by atoms with Crippen LogP contribution in [0.4, 0.5) is 43.3 Å². The number of halogens is 3. The van der Waals surface area contributed by atoms with E-state index < -0.39 is 49.1 Å². The summed E-state index contributed by atoms with van der Waals surface area (Å²) in [4.78, 5) is 67.5. The van der Waals surface area contributed by atoms with Crippen LogP contribution in [-0.4, -0.2) is 131 Å². The Hall–Kier alpha value is -6.56. The number of carbonyl (C=O) groups excluding carboxylic acids is 4. The summed E-state index contributed by atoms with van der Waals surface area (Å²) in [5.41, 5.74) is 3.01.